The van der Waals surface area contributed by atoms with Gasteiger partial charge in [-0.15, -0.1) is 0 Å². The number of amides is 1. The van der Waals surface area contributed by atoms with Gasteiger partial charge in [0.15, 0.2) is 0 Å². The number of halogens is 3. The molecule has 0 fully saturated rings. The quantitative estimate of drug-likeness (QED) is 0.453. The number of aliphatic imine (C=N–C) groups is 1. The molecule has 0 aliphatic carbocycles. The molecule has 1 aliphatic rings. The number of para-hydroxylation sites is 2. The van der Waals surface area contributed by atoms with Gasteiger partial charge in [-0.1, -0.05) is 12.1 Å². The highest BCUT2D eigenvalue weighted by atomic mass is 19.4. The van der Waals surface area contributed by atoms with Crippen LogP contribution in [-0.4, -0.2) is 21.2 Å². The molecule has 6 nitrogen and oxygen atoms in total. The van der Waals surface area contributed by atoms with E-state index in [0.29, 0.717) is 17.4 Å². The third kappa shape index (κ3) is 3.35. The molecular formula is C23H17F3N4O2. The molecule has 2 aromatic heterocycles. The van der Waals surface area contributed by atoms with E-state index in [9.17, 15) is 18.0 Å². The van der Waals surface area contributed by atoms with E-state index in [2.05, 4.69) is 15.3 Å². The Hall–Kier alpha value is -3.88. The maximum Gasteiger partial charge on any atom is 0.416 e. The highest BCUT2D eigenvalue weighted by Gasteiger charge is 2.40. The molecule has 0 saturated heterocycles. The second-order valence-electron chi connectivity index (χ2n) is 7.53. The lowest BCUT2D eigenvalue weighted by Gasteiger charge is -2.30. The van der Waals surface area contributed by atoms with Crippen LogP contribution < -0.4 is 5.32 Å². The van der Waals surface area contributed by atoms with Gasteiger partial charge in [-0.2, -0.15) is 13.2 Å². The van der Waals surface area contributed by atoms with Gasteiger partial charge in [0.2, 0.25) is 11.9 Å². The Morgan fingerprint density at radius 3 is 2.50 bits per heavy atom. The monoisotopic (exact) mass is 438 g/mol. The summed E-state index contributed by atoms with van der Waals surface area (Å²) >= 11 is 0. The number of aromatic nitrogens is 2. The highest BCUT2D eigenvalue weighted by molar-refractivity contribution is 6.10. The minimum atomic E-state index is -4.45. The van der Waals surface area contributed by atoms with Crippen LogP contribution in [0.3, 0.4) is 0 Å². The van der Waals surface area contributed by atoms with Gasteiger partial charge in [-0.05, 0) is 55.5 Å². The molecular weight excluding hydrogens is 421 g/mol. The summed E-state index contributed by atoms with van der Waals surface area (Å²) in [6, 6.07) is 14.8. The summed E-state index contributed by atoms with van der Waals surface area (Å²) in [6.07, 6.45) is -2.92. The maximum atomic E-state index is 13.3. The van der Waals surface area contributed by atoms with Gasteiger partial charge < -0.3 is 9.73 Å². The van der Waals surface area contributed by atoms with Gasteiger partial charge >= 0.3 is 6.18 Å². The molecule has 32 heavy (non-hydrogen) atoms. The molecule has 1 amide bonds. The number of hydrogen-bond acceptors (Lipinski definition) is 4. The predicted molar refractivity (Wildman–Crippen MR) is 113 cm³/mol. The van der Waals surface area contributed by atoms with Crippen molar-refractivity contribution in [3.63, 3.8) is 0 Å². The van der Waals surface area contributed by atoms with Crippen LogP contribution >= 0.6 is 0 Å². The highest BCUT2D eigenvalue weighted by Crippen LogP contribution is 2.40. The molecule has 4 aromatic rings. The zero-order chi connectivity index (χ0) is 22.5. The van der Waals surface area contributed by atoms with E-state index in [0.717, 1.165) is 23.2 Å². The number of carbonyl (C=O) groups excluding carboxylic acids is 1. The van der Waals surface area contributed by atoms with E-state index >= 15 is 0 Å². The average Bonchev–Trinajstić information content (AvgIpc) is 3.40. The number of anilines is 1. The van der Waals surface area contributed by atoms with E-state index in [1.165, 1.54) is 18.4 Å². The average molecular weight is 438 g/mol. The summed E-state index contributed by atoms with van der Waals surface area (Å²) < 4.78 is 46.1. The van der Waals surface area contributed by atoms with Crippen molar-refractivity contribution in [2.24, 2.45) is 10.9 Å². The van der Waals surface area contributed by atoms with Crippen LogP contribution in [0.5, 0.6) is 0 Å². The van der Waals surface area contributed by atoms with E-state index in [4.69, 9.17) is 4.42 Å². The normalized spacial score (nSPS) is 18.3. The smallest absolute Gasteiger partial charge is 0.416 e. The third-order valence-corrected chi connectivity index (χ3v) is 5.49. The van der Waals surface area contributed by atoms with Gasteiger partial charge in [0.25, 0.3) is 0 Å². The fourth-order valence-electron chi connectivity index (χ4n) is 4.04. The van der Waals surface area contributed by atoms with E-state index < -0.39 is 29.6 Å². The molecule has 0 radical (unpaired) electrons. The largest absolute Gasteiger partial charge is 0.467 e. The molecule has 9 heteroatoms. The molecule has 1 N–H and O–H groups in total. The second kappa shape index (κ2) is 7.37. The van der Waals surface area contributed by atoms with Crippen LogP contribution in [0.25, 0.3) is 11.0 Å². The van der Waals surface area contributed by atoms with Crippen LogP contribution in [0.15, 0.2) is 76.3 Å². The first-order valence-electron chi connectivity index (χ1n) is 9.86. The number of nitrogens with zero attached hydrogens (tertiary/aromatic N) is 3. The lowest BCUT2D eigenvalue weighted by molar-refractivity contribution is -0.137. The van der Waals surface area contributed by atoms with Gasteiger partial charge in [-0.3, -0.25) is 9.36 Å². The van der Waals surface area contributed by atoms with E-state index in [1.54, 1.807) is 19.1 Å². The number of imidazole rings is 1. The molecule has 2 aromatic carbocycles. The van der Waals surface area contributed by atoms with E-state index in [-0.39, 0.29) is 5.69 Å². The number of rotatable bonds is 3. The third-order valence-electron chi connectivity index (χ3n) is 5.49. The van der Waals surface area contributed by atoms with Crippen molar-refractivity contribution in [3.8, 4) is 0 Å². The topological polar surface area (TPSA) is 72.4 Å². The van der Waals surface area contributed by atoms with Crippen LogP contribution in [0.2, 0.25) is 0 Å². The number of furan rings is 1. The van der Waals surface area contributed by atoms with Crippen LogP contribution in [-0.2, 0) is 11.0 Å². The fraction of sp³-hybridized carbons (Fsp3) is 0.174. The maximum absolute atomic E-state index is 13.3. The van der Waals surface area contributed by atoms with Crippen LogP contribution in [0, 0.1) is 5.92 Å². The number of nitrogens with one attached hydrogen (secondary N) is 1. The molecule has 5 rings (SSSR count). The Morgan fingerprint density at radius 2 is 1.81 bits per heavy atom. The first-order chi connectivity index (χ1) is 15.3. The lowest BCUT2D eigenvalue weighted by atomic mass is 9.90. The van der Waals surface area contributed by atoms with Crippen LogP contribution in [0.1, 0.15) is 24.3 Å². The molecule has 0 spiro atoms. The van der Waals surface area contributed by atoms with Crippen molar-refractivity contribution in [1.29, 1.82) is 0 Å². The number of alkyl halides is 3. The number of carbonyl (C=O) groups is 1. The van der Waals surface area contributed by atoms with Crippen molar-refractivity contribution in [1.82, 2.24) is 9.55 Å². The summed E-state index contributed by atoms with van der Waals surface area (Å²) in [5.74, 6) is -0.149. The Balaban J connectivity index is 1.54. The SMILES string of the molecule is CC1=Nc2nc3ccccc3n2C(c2ccco2)C1C(=O)Nc1ccc(C(F)(F)F)cc1. The van der Waals surface area contributed by atoms with E-state index in [1.807, 2.05) is 28.8 Å². The number of fused-ring (bicyclic) bond motifs is 3. The molecule has 3 heterocycles. The summed E-state index contributed by atoms with van der Waals surface area (Å²) in [5, 5.41) is 2.72. The van der Waals surface area contributed by atoms with Crippen molar-refractivity contribution in [3.05, 3.63) is 78.3 Å². The zero-order valence-electron chi connectivity index (χ0n) is 16.8. The minimum absolute atomic E-state index is 0.260. The molecule has 0 saturated carbocycles. The molecule has 2 atom stereocenters. The first kappa shape index (κ1) is 20.0. The molecule has 1 aliphatic heterocycles. The standard InChI is InChI=1S/C23H17F3N4O2/c1-13-19(21(31)28-15-10-8-14(9-11-15)23(24,25)26)20(18-7-4-12-32-18)30-17-6-3-2-5-16(17)29-22(30)27-13/h2-12,19-20H,1H3,(H,28,31). The van der Waals surface area contributed by atoms with Crippen molar-refractivity contribution in [2.45, 2.75) is 19.1 Å². The van der Waals surface area contributed by atoms with Gasteiger partial charge in [0, 0.05) is 11.4 Å². The molecule has 2 unspecified atom stereocenters. The minimum Gasteiger partial charge on any atom is -0.467 e. The van der Waals surface area contributed by atoms with Crippen molar-refractivity contribution < 1.29 is 22.4 Å². The Bertz CT molecular complexity index is 1320. The Kier molecular flexibility index (Phi) is 4.61. The second-order valence-corrected chi connectivity index (χ2v) is 7.53. The Labute approximate surface area is 180 Å². The zero-order valence-corrected chi connectivity index (χ0v) is 16.8. The predicted octanol–water partition coefficient (Wildman–Crippen LogP) is 5.60. The number of benzene rings is 2. The Morgan fingerprint density at radius 1 is 1.06 bits per heavy atom. The summed E-state index contributed by atoms with van der Waals surface area (Å²) in [4.78, 5) is 22.5. The fourth-order valence-corrected chi connectivity index (χ4v) is 4.04. The van der Waals surface area contributed by atoms with Gasteiger partial charge in [0.05, 0.1) is 22.9 Å². The number of hydrogen-bond donors (Lipinski definition) is 1. The lowest BCUT2D eigenvalue weighted by Crippen LogP contribution is -2.38. The summed E-state index contributed by atoms with van der Waals surface area (Å²) in [6.45, 7) is 1.73. The van der Waals surface area contributed by atoms with Crippen LogP contribution in [0.4, 0.5) is 24.8 Å². The molecule has 0 bridgehead atoms. The van der Waals surface area contributed by atoms with Crippen molar-refractivity contribution in [2.75, 3.05) is 5.32 Å². The first-order valence-corrected chi connectivity index (χ1v) is 9.86. The van der Waals surface area contributed by atoms with Gasteiger partial charge in [0.1, 0.15) is 17.7 Å². The summed E-state index contributed by atoms with van der Waals surface area (Å²) in [7, 11) is 0. The van der Waals surface area contributed by atoms with Gasteiger partial charge in [-0.25, -0.2) is 9.98 Å². The van der Waals surface area contributed by atoms with Crippen molar-refractivity contribution >= 4 is 34.3 Å². The summed E-state index contributed by atoms with van der Waals surface area (Å²) in [5.41, 5.74) is 1.54. The molecule has 162 valence electrons.